The molecule has 1 fully saturated rings. The second-order valence-electron chi connectivity index (χ2n) is 2.07. The zero-order valence-electron chi connectivity index (χ0n) is 6.25. The Bertz CT molecular complexity index is 117. The first-order valence-corrected chi connectivity index (χ1v) is 3.59. The molecule has 0 aromatic carbocycles. The van der Waals surface area contributed by atoms with Crippen molar-refractivity contribution in [2.75, 3.05) is 32.9 Å². The van der Waals surface area contributed by atoms with Gasteiger partial charge in [-0.3, -0.25) is 0 Å². The van der Waals surface area contributed by atoms with Crippen molar-refractivity contribution in [3.05, 3.63) is 0 Å². The van der Waals surface area contributed by atoms with Crippen LogP contribution in [0.2, 0.25) is 0 Å². The van der Waals surface area contributed by atoms with Crippen molar-refractivity contribution in [2.45, 2.75) is 6.92 Å². The third-order valence-corrected chi connectivity index (χ3v) is 1.29. The fourth-order valence-electron chi connectivity index (χ4n) is 0.775. The Morgan fingerprint density at radius 3 is 2.80 bits per heavy atom. The van der Waals surface area contributed by atoms with Gasteiger partial charge in [0.25, 0.3) is 0 Å². The van der Waals surface area contributed by atoms with Crippen LogP contribution in [-0.2, 0) is 9.57 Å². The fourth-order valence-corrected chi connectivity index (χ4v) is 0.775. The van der Waals surface area contributed by atoms with E-state index in [9.17, 15) is 0 Å². The summed E-state index contributed by atoms with van der Waals surface area (Å²) in [6.45, 7) is 5.77. The van der Waals surface area contributed by atoms with Gasteiger partial charge in [-0.2, -0.15) is 0 Å². The molecule has 1 aliphatic heterocycles. The van der Waals surface area contributed by atoms with E-state index < -0.39 is 0 Å². The topological polar surface area (TPSA) is 33.8 Å². The molecular weight excluding hydrogens is 132 g/mol. The lowest BCUT2D eigenvalue weighted by atomic mass is 10.5. The molecule has 4 heteroatoms. The number of ether oxygens (including phenoxy) is 1. The third-order valence-electron chi connectivity index (χ3n) is 1.29. The van der Waals surface area contributed by atoms with Gasteiger partial charge in [0.2, 0.25) is 0 Å². The summed E-state index contributed by atoms with van der Waals surface area (Å²) in [6.07, 6.45) is 0. The number of nitrogens with zero attached hydrogens (tertiary/aromatic N) is 2. The van der Waals surface area contributed by atoms with Crippen molar-refractivity contribution in [1.29, 1.82) is 0 Å². The summed E-state index contributed by atoms with van der Waals surface area (Å²) in [6, 6.07) is 0. The minimum atomic E-state index is 0.636. The van der Waals surface area contributed by atoms with Gasteiger partial charge in [0.15, 0.2) is 18.4 Å². The molecule has 0 aromatic heterocycles. The maximum atomic E-state index is 5.12. The Balaban J connectivity index is 2.23. The molecule has 1 aliphatic rings. The third kappa shape index (κ3) is 2.31. The van der Waals surface area contributed by atoms with Crippen LogP contribution in [0, 0.1) is 0 Å². The van der Waals surface area contributed by atoms with Crippen LogP contribution < -0.4 is 0 Å². The van der Waals surface area contributed by atoms with Crippen molar-refractivity contribution in [3.8, 4) is 0 Å². The van der Waals surface area contributed by atoms with E-state index in [1.165, 1.54) is 0 Å². The van der Waals surface area contributed by atoms with Gasteiger partial charge in [-0.05, 0) is 6.92 Å². The van der Waals surface area contributed by atoms with Crippen LogP contribution in [0.1, 0.15) is 6.92 Å². The monoisotopic (exact) mass is 145 g/mol. The molecule has 1 saturated heterocycles. The number of morpholine rings is 1. The second kappa shape index (κ2) is 4.22. The molecule has 0 atom stereocenters. The summed E-state index contributed by atoms with van der Waals surface area (Å²) in [5.41, 5.74) is 0. The van der Waals surface area contributed by atoms with E-state index in [1.54, 1.807) is 0 Å². The number of rotatable bonds is 2. The van der Waals surface area contributed by atoms with Gasteiger partial charge in [0, 0.05) is 0 Å². The highest BCUT2D eigenvalue weighted by Crippen LogP contribution is 1.90. The molecule has 0 N–H and O–H groups in total. The van der Waals surface area contributed by atoms with Crippen LogP contribution in [0.15, 0.2) is 5.28 Å². The molecule has 0 saturated carbocycles. The SMILES string of the molecule is CCON=[N+]1CCOCC1. The Hall–Kier alpha value is -0.640. The highest BCUT2D eigenvalue weighted by atomic mass is 16.6. The molecule has 0 unspecified atom stereocenters. The highest BCUT2D eigenvalue weighted by Gasteiger charge is 2.12. The first kappa shape index (κ1) is 7.47. The van der Waals surface area contributed by atoms with Crippen LogP contribution in [0.5, 0.6) is 0 Å². The van der Waals surface area contributed by atoms with Gasteiger partial charge < -0.3 is 9.57 Å². The molecule has 0 amide bonds. The minimum Gasteiger partial charge on any atom is -0.368 e. The van der Waals surface area contributed by atoms with Crippen molar-refractivity contribution < 1.29 is 14.3 Å². The average molecular weight is 145 g/mol. The summed E-state index contributed by atoms with van der Waals surface area (Å²) in [5, 5.41) is 3.86. The Morgan fingerprint density at radius 1 is 1.50 bits per heavy atom. The van der Waals surface area contributed by atoms with Gasteiger partial charge in [0.1, 0.15) is 19.8 Å². The lowest BCUT2D eigenvalue weighted by Gasteiger charge is -2.06. The van der Waals surface area contributed by atoms with Crippen molar-refractivity contribution in [1.82, 2.24) is 0 Å². The molecular formula is C6H13N2O2+. The van der Waals surface area contributed by atoms with E-state index in [0.717, 1.165) is 26.3 Å². The number of hydrogen-bond donors (Lipinski definition) is 0. The summed E-state index contributed by atoms with van der Waals surface area (Å²) in [4.78, 5) is 4.87. The summed E-state index contributed by atoms with van der Waals surface area (Å²) in [7, 11) is 0. The van der Waals surface area contributed by atoms with Gasteiger partial charge >= 0.3 is 0 Å². The van der Waals surface area contributed by atoms with Gasteiger partial charge in [-0.15, -0.1) is 0 Å². The highest BCUT2D eigenvalue weighted by molar-refractivity contribution is 4.33. The molecule has 58 valence electrons. The van der Waals surface area contributed by atoms with Crippen LogP contribution >= 0.6 is 0 Å². The van der Waals surface area contributed by atoms with Crippen LogP contribution in [0.4, 0.5) is 0 Å². The Morgan fingerprint density at radius 2 is 2.20 bits per heavy atom. The van der Waals surface area contributed by atoms with Crippen LogP contribution in [0.3, 0.4) is 0 Å². The normalized spacial score (nSPS) is 18.7. The fraction of sp³-hybridized carbons (Fsp3) is 1.00. The number of hydrogen-bond acceptors (Lipinski definition) is 3. The van der Waals surface area contributed by atoms with E-state index in [2.05, 4.69) is 5.28 Å². The van der Waals surface area contributed by atoms with E-state index in [-0.39, 0.29) is 0 Å². The van der Waals surface area contributed by atoms with Crippen molar-refractivity contribution in [2.24, 2.45) is 5.28 Å². The van der Waals surface area contributed by atoms with Crippen LogP contribution in [-0.4, -0.2) is 37.6 Å². The Kier molecular flexibility index (Phi) is 3.15. The zero-order valence-corrected chi connectivity index (χ0v) is 6.25. The first-order chi connectivity index (χ1) is 4.93. The largest absolute Gasteiger partial charge is 0.368 e. The lowest BCUT2D eigenvalue weighted by Crippen LogP contribution is -2.27. The molecule has 10 heavy (non-hydrogen) atoms. The minimum absolute atomic E-state index is 0.636. The smallest absolute Gasteiger partial charge is 0.195 e. The van der Waals surface area contributed by atoms with Gasteiger partial charge in [-0.25, -0.2) is 0 Å². The lowest BCUT2D eigenvalue weighted by molar-refractivity contribution is -0.633. The predicted molar refractivity (Wildman–Crippen MR) is 34.9 cm³/mol. The van der Waals surface area contributed by atoms with E-state index in [1.807, 2.05) is 11.6 Å². The molecule has 1 heterocycles. The molecule has 1 rings (SSSR count). The molecule has 4 nitrogen and oxygen atoms in total. The van der Waals surface area contributed by atoms with Crippen molar-refractivity contribution in [3.63, 3.8) is 0 Å². The predicted octanol–water partition coefficient (Wildman–Crippen LogP) is 0.433. The van der Waals surface area contributed by atoms with Gasteiger partial charge in [0.05, 0.1) is 0 Å². The maximum absolute atomic E-state index is 5.12. The summed E-state index contributed by atoms with van der Waals surface area (Å²) in [5.74, 6) is 0. The zero-order chi connectivity index (χ0) is 7.23. The van der Waals surface area contributed by atoms with Gasteiger partial charge in [-0.1, -0.05) is 4.70 Å². The standard InChI is InChI=1S/C6H13N2O2/c1-2-10-7-8-3-5-9-6-4-8/h2-6H2,1H3/q+1. The van der Waals surface area contributed by atoms with E-state index in [4.69, 9.17) is 9.57 Å². The Labute approximate surface area is 60.4 Å². The van der Waals surface area contributed by atoms with Crippen LogP contribution in [0.25, 0.3) is 0 Å². The van der Waals surface area contributed by atoms with E-state index in [0.29, 0.717) is 6.61 Å². The maximum Gasteiger partial charge on any atom is 0.195 e. The average Bonchev–Trinajstić information content (AvgIpc) is 2.03. The molecule has 0 bridgehead atoms. The molecule has 0 aliphatic carbocycles. The molecule has 0 spiro atoms. The summed E-state index contributed by atoms with van der Waals surface area (Å²) >= 11 is 0. The van der Waals surface area contributed by atoms with E-state index >= 15 is 0 Å². The quantitative estimate of drug-likeness (QED) is 0.417. The molecule has 0 aromatic rings. The first-order valence-electron chi connectivity index (χ1n) is 3.59. The second-order valence-corrected chi connectivity index (χ2v) is 2.07. The van der Waals surface area contributed by atoms with Crippen molar-refractivity contribution >= 4 is 0 Å². The summed E-state index contributed by atoms with van der Waals surface area (Å²) < 4.78 is 7.00. The molecule has 0 radical (unpaired) electrons.